The van der Waals surface area contributed by atoms with E-state index in [9.17, 15) is 4.79 Å². The number of likely N-dealkylation sites (N-methyl/N-ethyl adjacent to an activating group) is 1. The first kappa shape index (κ1) is 13.3. The number of ketones is 1. The number of piperidine rings is 1. The second-order valence-corrected chi connectivity index (χ2v) is 5.48. The summed E-state index contributed by atoms with van der Waals surface area (Å²) in [7, 11) is 6.18. The van der Waals surface area contributed by atoms with Crippen LogP contribution in [0.4, 0.5) is 0 Å². The molecule has 2 heterocycles. The van der Waals surface area contributed by atoms with Crippen LogP contribution < -0.4 is 0 Å². The van der Waals surface area contributed by atoms with E-state index in [1.807, 2.05) is 30.1 Å². The normalized spacial score (nSPS) is 21.4. The fourth-order valence-electron chi connectivity index (χ4n) is 2.56. The molecule has 0 saturated carbocycles. The lowest BCUT2D eigenvalue weighted by Crippen LogP contribution is -2.46. The fraction of sp³-hybridized carbons (Fsp3) is 0.643. The quantitative estimate of drug-likeness (QED) is 0.752. The Hall–Kier alpha value is -1.13. The summed E-state index contributed by atoms with van der Waals surface area (Å²) in [5, 5.41) is 0. The van der Waals surface area contributed by atoms with Crippen molar-refractivity contribution < 1.29 is 4.79 Å². The number of Topliss-reactive ketones (excluding diaryl/α,β-unsaturated/α-hetero) is 1. The molecule has 0 bridgehead atoms. The maximum Gasteiger partial charge on any atom is 0.178 e. The van der Waals surface area contributed by atoms with Gasteiger partial charge in [-0.2, -0.15) is 0 Å². The Bertz CT molecular complexity index is 411. The van der Waals surface area contributed by atoms with Crippen molar-refractivity contribution in [2.24, 2.45) is 7.05 Å². The highest BCUT2D eigenvalue weighted by atomic mass is 16.1. The molecule has 4 heteroatoms. The van der Waals surface area contributed by atoms with Crippen LogP contribution in [-0.4, -0.2) is 59.9 Å². The van der Waals surface area contributed by atoms with Gasteiger partial charge in [-0.05, 0) is 39.5 Å². The molecule has 1 aromatic rings. The molecule has 1 saturated heterocycles. The molecule has 0 spiro atoms. The molecule has 1 aromatic heterocycles. The van der Waals surface area contributed by atoms with Crippen LogP contribution in [0.15, 0.2) is 18.5 Å². The Labute approximate surface area is 109 Å². The first-order valence-electron chi connectivity index (χ1n) is 6.60. The standard InChI is InChI=1S/C14H23N3O/c1-15(2)13-5-4-7-17(10-13)11-14(18)12-6-8-16(3)9-12/h6,8-9,13H,4-5,7,10-11H2,1-3H3. The van der Waals surface area contributed by atoms with Gasteiger partial charge in [-0.3, -0.25) is 9.69 Å². The zero-order chi connectivity index (χ0) is 13.1. The van der Waals surface area contributed by atoms with Crippen molar-refractivity contribution in [3.63, 3.8) is 0 Å². The summed E-state index contributed by atoms with van der Waals surface area (Å²) in [5.41, 5.74) is 0.824. The number of nitrogens with zero attached hydrogens (tertiary/aromatic N) is 3. The second-order valence-electron chi connectivity index (χ2n) is 5.48. The molecule has 1 atom stereocenters. The van der Waals surface area contributed by atoms with Crippen molar-refractivity contribution in [3.05, 3.63) is 24.0 Å². The van der Waals surface area contributed by atoms with Crippen LogP contribution in [0.2, 0.25) is 0 Å². The topological polar surface area (TPSA) is 28.5 Å². The number of carbonyl (C=O) groups excluding carboxylic acids is 1. The molecule has 1 aliphatic rings. The van der Waals surface area contributed by atoms with Crippen molar-refractivity contribution in [1.82, 2.24) is 14.4 Å². The van der Waals surface area contributed by atoms with Gasteiger partial charge in [0.25, 0.3) is 0 Å². The van der Waals surface area contributed by atoms with Crippen molar-refractivity contribution in [1.29, 1.82) is 0 Å². The number of aromatic nitrogens is 1. The van der Waals surface area contributed by atoms with E-state index < -0.39 is 0 Å². The number of aryl methyl sites for hydroxylation is 1. The highest BCUT2D eigenvalue weighted by Crippen LogP contribution is 2.14. The third-order valence-electron chi connectivity index (χ3n) is 3.73. The van der Waals surface area contributed by atoms with Crippen LogP contribution in [-0.2, 0) is 7.05 Å². The van der Waals surface area contributed by atoms with Gasteiger partial charge in [-0.1, -0.05) is 0 Å². The molecule has 1 aliphatic heterocycles. The SMILES string of the molecule is CN(C)C1CCCN(CC(=O)c2ccn(C)c2)C1. The maximum absolute atomic E-state index is 12.1. The Morgan fingerprint density at radius 1 is 1.50 bits per heavy atom. The molecule has 0 radical (unpaired) electrons. The van der Waals surface area contributed by atoms with Gasteiger partial charge in [-0.15, -0.1) is 0 Å². The number of carbonyl (C=O) groups is 1. The summed E-state index contributed by atoms with van der Waals surface area (Å²) in [6.07, 6.45) is 6.25. The van der Waals surface area contributed by atoms with E-state index in [1.165, 1.54) is 12.8 Å². The van der Waals surface area contributed by atoms with Crippen molar-refractivity contribution >= 4 is 5.78 Å². The highest BCUT2D eigenvalue weighted by molar-refractivity contribution is 5.97. The summed E-state index contributed by atoms with van der Waals surface area (Å²) in [4.78, 5) is 16.7. The molecule has 100 valence electrons. The maximum atomic E-state index is 12.1. The molecule has 0 N–H and O–H groups in total. The van der Waals surface area contributed by atoms with Crippen LogP contribution in [0.5, 0.6) is 0 Å². The monoisotopic (exact) mass is 249 g/mol. The number of hydrogen-bond acceptors (Lipinski definition) is 3. The third-order valence-corrected chi connectivity index (χ3v) is 3.73. The first-order valence-corrected chi connectivity index (χ1v) is 6.60. The minimum atomic E-state index is 0.231. The number of rotatable bonds is 4. The Morgan fingerprint density at radius 2 is 2.28 bits per heavy atom. The zero-order valence-electron chi connectivity index (χ0n) is 11.6. The van der Waals surface area contributed by atoms with Gasteiger partial charge >= 0.3 is 0 Å². The second kappa shape index (κ2) is 5.67. The minimum absolute atomic E-state index is 0.231. The number of hydrogen-bond donors (Lipinski definition) is 0. The van der Waals surface area contributed by atoms with E-state index in [-0.39, 0.29) is 5.78 Å². The lowest BCUT2D eigenvalue weighted by Gasteiger charge is -2.35. The number of likely N-dealkylation sites (tertiary alicyclic amines) is 1. The molecular formula is C14H23N3O. The molecule has 4 nitrogen and oxygen atoms in total. The zero-order valence-corrected chi connectivity index (χ0v) is 11.6. The average Bonchev–Trinajstić information content (AvgIpc) is 2.76. The predicted octanol–water partition coefficient (Wildman–Crippen LogP) is 1.23. The van der Waals surface area contributed by atoms with Gasteiger partial charge in [0.1, 0.15) is 0 Å². The van der Waals surface area contributed by atoms with Crippen LogP contribution in [0.3, 0.4) is 0 Å². The Morgan fingerprint density at radius 3 is 2.89 bits per heavy atom. The molecule has 18 heavy (non-hydrogen) atoms. The molecular weight excluding hydrogens is 226 g/mol. The summed E-state index contributed by atoms with van der Waals surface area (Å²) < 4.78 is 1.92. The minimum Gasteiger partial charge on any atom is -0.357 e. The Balaban J connectivity index is 1.91. The summed E-state index contributed by atoms with van der Waals surface area (Å²) in [6, 6.07) is 2.48. The van der Waals surface area contributed by atoms with Crippen molar-refractivity contribution in [3.8, 4) is 0 Å². The van der Waals surface area contributed by atoms with Gasteiger partial charge in [0.2, 0.25) is 0 Å². The average molecular weight is 249 g/mol. The van der Waals surface area contributed by atoms with E-state index in [1.54, 1.807) is 0 Å². The Kier molecular flexibility index (Phi) is 4.19. The first-order chi connectivity index (χ1) is 8.56. The van der Waals surface area contributed by atoms with Gasteiger partial charge in [0, 0.05) is 37.6 Å². The molecule has 1 fully saturated rings. The van der Waals surface area contributed by atoms with Gasteiger partial charge in [-0.25, -0.2) is 0 Å². The fourth-order valence-corrected chi connectivity index (χ4v) is 2.56. The molecule has 0 aliphatic carbocycles. The molecule has 1 unspecified atom stereocenters. The lowest BCUT2D eigenvalue weighted by molar-refractivity contribution is 0.0852. The smallest absolute Gasteiger partial charge is 0.178 e. The van der Waals surface area contributed by atoms with Gasteiger partial charge in [0.15, 0.2) is 5.78 Å². The lowest BCUT2D eigenvalue weighted by atomic mass is 10.0. The summed E-state index contributed by atoms with van der Waals surface area (Å²) in [6.45, 7) is 2.60. The van der Waals surface area contributed by atoms with E-state index in [2.05, 4.69) is 23.9 Å². The van der Waals surface area contributed by atoms with Crippen LogP contribution >= 0.6 is 0 Å². The third kappa shape index (κ3) is 3.21. The van der Waals surface area contributed by atoms with E-state index in [0.29, 0.717) is 12.6 Å². The van der Waals surface area contributed by atoms with Crippen molar-refractivity contribution in [2.45, 2.75) is 18.9 Å². The van der Waals surface area contributed by atoms with Crippen LogP contribution in [0, 0.1) is 0 Å². The molecule has 2 rings (SSSR count). The summed E-state index contributed by atoms with van der Waals surface area (Å²) >= 11 is 0. The van der Waals surface area contributed by atoms with Gasteiger partial charge in [0.05, 0.1) is 6.54 Å². The van der Waals surface area contributed by atoms with Crippen LogP contribution in [0.25, 0.3) is 0 Å². The van der Waals surface area contributed by atoms with Gasteiger partial charge < -0.3 is 9.47 Å². The summed E-state index contributed by atoms with van der Waals surface area (Å²) in [5.74, 6) is 0.231. The van der Waals surface area contributed by atoms with E-state index >= 15 is 0 Å². The van der Waals surface area contributed by atoms with Crippen molar-refractivity contribution in [2.75, 3.05) is 33.7 Å². The molecule has 0 amide bonds. The van der Waals surface area contributed by atoms with E-state index in [0.717, 1.165) is 18.7 Å². The largest absolute Gasteiger partial charge is 0.357 e. The molecule has 0 aromatic carbocycles. The predicted molar refractivity (Wildman–Crippen MR) is 72.9 cm³/mol. The van der Waals surface area contributed by atoms with Crippen LogP contribution in [0.1, 0.15) is 23.2 Å². The highest BCUT2D eigenvalue weighted by Gasteiger charge is 2.23. The van der Waals surface area contributed by atoms with E-state index in [4.69, 9.17) is 0 Å².